The van der Waals surface area contributed by atoms with Crippen LogP contribution in [0, 0.1) is 0 Å². The minimum absolute atomic E-state index is 0.562. The maximum Gasteiger partial charge on any atom is 0.0393 e. The Morgan fingerprint density at radius 3 is 3.12 bits per heavy atom. The summed E-state index contributed by atoms with van der Waals surface area (Å²) in [5, 5.41) is 7.02. The van der Waals surface area contributed by atoms with E-state index in [4.69, 9.17) is 0 Å². The molecule has 2 heteroatoms. The number of rotatable bonds is 4. The molecule has 0 saturated carbocycles. The van der Waals surface area contributed by atoms with E-state index in [9.17, 15) is 0 Å². The van der Waals surface area contributed by atoms with Crippen molar-refractivity contribution in [3.63, 3.8) is 0 Å². The summed E-state index contributed by atoms with van der Waals surface area (Å²) < 4.78 is 0. The first kappa shape index (κ1) is 11.3. The number of benzene rings is 1. The first-order chi connectivity index (χ1) is 7.79. The van der Waals surface area contributed by atoms with Crippen molar-refractivity contribution in [1.29, 1.82) is 0 Å². The van der Waals surface area contributed by atoms with Crippen LogP contribution >= 0.6 is 0 Å². The molecule has 0 aliphatic carbocycles. The summed E-state index contributed by atoms with van der Waals surface area (Å²) in [6.45, 7) is 5.59. The van der Waals surface area contributed by atoms with Crippen LogP contribution in [0.2, 0.25) is 0 Å². The second-order valence-electron chi connectivity index (χ2n) is 4.74. The molecule has 1 aromatic rings. The first-order valence-electron chi connectivity index (χ1n) is 6.43. The van der Waals surface area contributed by atoms with Gasteiger partial charge in [0.25, 0.3) is 0 Å². The van der Waals surface area contributed by atoms with Crippen LogP contribution in [0.4, 0.5) is 11.4 Å². The van der Waals surface area contributed by atoms with Crippen LogP contribution in [0.15, 0.2) is 18.2 Å². The highest BCUT2D eigenvalue weighted by atomic mass is 14.9. The lowest BCUT2D eigenvalue weighted by Crippen LogP contribution is -2.16. The maximum absolute atomic E-state index is 3.55. The molecule has 0 spiro atoms. The zero-order valence-corrected chi connectivity index (χ0v) is 10.3. The Kier molecular flexibility index (Phi) is 3.70. The molecule has 2 nitrogen and oxygen atoms in total. The van der Waals surface area contributed by atoms with Gasteiger partial charge in [0.1, 0.15) is 0 Å². The molecule has 88 valence electrons. The van der Waals surface area contributed by atoms with Gasteiger partial charge in [-0.25, -0.2) is 0 Å². The third-order valence-electron chi connectivity index (χ3n) is 3.18. The zero-order valence-electron chi connectivity index (χ0n) is 10.3. The Labute approximate surface area is 98.4 Å². The van der Waals surface area contributed by atoms with Gasteiger partial charge in [-0.15, -0.1) is 0 Å². The zero-order chi connectivity index (χ0) is 11.4. The van der Waals surface area contributed by atoms with Crippen molar-refractivity contribution in [3.05, 3.63) is 23.8 Å². The van der Waals surface area contributed by atoms with Crippen LogP contribution in [0.1, 0.15) is 38.7 Å². The van der Waals surface area contributed by atoms with Crippen molar-refractivity contribution < 1.29 is 0 Å². The molecule has 0 saturated heterocycles. The molecule has 1 unspecified atom stereocenters. The largest absolute Gasteiger partial charge is 0.385 e. The normalized spacial score (nSPS) is 16.1. The molecule has 1 aliphatic rings. The SMILES string of the molecule is CCCC(C)Nc1ccc2c(c1)NCCC2. The van der Waals surface area contributed by atoms with Crippen LogP contribution in [0.3, 0.4) is 0 Å². The first-order valence-corrected chi connectivity index (χ1v) is 6.43. The number of anilines is 2. The summed E-state index contributed by atoms with van der Waals surface area (Å²) in [4.78, 5) is 0. The number of nitrogens with one attached hydrogen (secondary N) is 2. The van der Waals surface area contributed by atoms with E-state index >= 15 is 0 Å². The highest BCUT2D eigenvalue weighted by Gasteiger charge is 2.09. The third kappa shape index (κ3) is 2.69. The van der Waals surface area contributed by atoms with Gasteiger partial charge in [0.05, 0.1) is 0 Å². The van der Waals surface area contributed by atoms with Gasteiger partial charge in [-0.1, -0.05) is 19.4 Å². The summed E-state index contributed by atoms with van der Waals surface area (Å²) in [6, 6.07) is 7.27. The molecular weight excluding hydrogens is 196 g/mol. The third-order valence-corrected chi connectivity index (χ3v) is 3.18. The highest BCUT2D eigenvalue weighted by Crippen LogP contribution is 2.25. The molecule has 1 aromatic carbocycles. The molecule has 2 rings (SSSR count). The van der Waals surface area contributed by atoms with Gasteiger partial charge in [-0.2, -0.15) is 0 Å². The lowest BCUT2D eigenvalue weighted by Gasteiger charge is -2.20. The van der Waals surface area contributed by atoms with Crippen molar-refractivity contribution in [2.75, 3.05) is 17.2 Å². The fraction of sp³-hybridized carbons (Fsp3) is 0.571. The minimum atomic E-state index is 0.562. The molecule has 0 amide bonds. The van der Waals surface area contributed by atoms with E-state index in [1.54, 1.807) is 0 Å². The fourth-order valence-electron chi connectivity index (χ4n) is 2.34. The second-order valence-corrected chi connectivity index (χ2v) is 4.74. The van der Waals surface area contributed by atoms with Crippen LogP contribution in [0.25, 0.3) is 0 Å². The molecule has 1 aliphatic heterocycles. The Morgan fingerprint density at radius 2 is 2.31 bits per heavy atom. The molecule has 1 heterocycles. The fourth-order valence-corrected chi connectivity index (χ4v) is 2.34. The van der Waals surface area contributed by atoms with Crippen molar-refractivity contribution in [1.82, 2.24) is 0 Å². The predicted octanol–water partition coefficient (Wildman–Crippen LogP) is 3.65. The summed E-state index contributed by atoms with van der Waals surface area (Å²) in [6.07, 6.45) is 4.93. The van der Waals surface area contributed by atoms with Crippen molar-refractivity contribution in [2.45, 2.75) is 45.6 Å². The Bertz CT molecular complexity index is 347. The van der Waals surface area contributed by atoms with E-state index < -0.39 is 0 Å². The van der Waals surface area contributed by atoms with E-state index in [0.717, 1.165) is 6.54 Å². The topological polar surface area (TPSA) is 24.1 Å². The standard InChI is InChI=1S/C14H22N2/c1-3-5-11(2)16-13-8-7-12-6-4-9-15-14(12)10-13/h7-8,10-11,15-16H,3-6,9H2,1-2H3. The molecule has 0 aromatic heterocycles. The Balaban J connectivity index is 2.05. The molecule has 0 fully saturated rings. The summed E-state index contributed by atoms with van der Waals surface area (Å²) in [7, 11) is 0. The van der Waals surface area contributed by atoms with Crippen LogP contribution < -0.4 is 10.6 Å². The Morgan fingerprint density at radius 1 is 1.44 bits per heavy atom. The smallest absolute Gasteiger partial charge is 0.0393 e. The van der Waals surface area contributed by atoms with Gasteiger partial charge < -0.3 is 10.6 Å². The minimum Gasteiger partial charge on any atom is -0.385 e. The molecule has 2 N–H and O–H groups in total. The monoisotopic (exact) mass is 218 g/mol. The molecular formula is C14H22N2. The summed E-state index contributed by atoms with van der Waals surface area (Å²) in [5.74, 6) is 0. The van der Waals surface area contributed by atoms with Gasteiger partial charge in [0.15, 0.2) is 0 Å². The van der Waals surface area contributed by atoms with Gasteiger partial charge in [0.2, 0.25) is 0 Å². The highest BCUT2D eigenvalue weighted by molar-refractivity contribution is 5.62. The quantitative estimate of drug-likeness (QED) is 0.806. The lowest BCUT2D eigenvalue weighted by atomic mass is 10.0. The van der Waals surface area contributed by atoms with E-state index in [1.165, 1.54) is 42.6 Å². The van der Waals surface area contributed by atoms with E-state index in [1.807, 2.05) is 0 Å². The molecule has 0 radical (unpaired) electrons. The maximum atomic E-state index is 3.55. The van der Waals surface area contributed by atoms with Gasteiger partial charge in [-0.05, 0) is 43.9 Å². The van der Waals surface area contributed by atoms with Crippen molar-refractivity contribution >= 4 is 11.4 Å². The van der Waals surface area contributed by atoms with Gasteiger partial charge in [0, 0.05) is 24.0 Å². The molecule has 16 heavy (non-hydrogen) atoms. The molecule has 1 atom stereocenters. The summed E-state index contributed by atoms with van der Waals surface area (Å²) in [5.41, 5.74) is 4.02. The van der Waals surface area contributed by atoms with Gasteiger partial charge in [-0.3, -0.25) is 0 Å². The van der Waals surface area contributed by atoms with Crippen molar-refractivity contribution in [2.24, 2.45) is 0 Å². The average molecular weight is 218 g/mol. The van der Waals surface area contributed by atoms with Crippen molar-refractivity contribution in [3.8, 4) is 0 Å². The van der Waals surface area contributed by atoms with Crippen LogP contribution in [0.5, 0.6) is 0 Å². The molecule has 0 bridgehead atoms. The second kappa shape index (κ2) is 5.24. The summed E-state index contributed by atoms with van der Waals surface area (Å²) >= 11 is 0. The van der Waals surface area contributed by atoms with Crippen LogP contribution in [-0.4, -0.2) is 12.6 Å². The van der Waals surface area contributed by atoms with E-state index in [2.05, 4.69) is 42.7 Å². The predicted molar refractivity (Wildman–Crippen MR) is 71.2 cm³/mol. The van der Waals surface area contributed by atoms with Crippen LogP contribution in [-0.2, 0) is 6.42 Å². The van der Waals surface area contributed by atoms with E-state index in [-0.39, 0.29) is 0 Å². The lowest BCUT2D eigenvalue weighted by molar-refractivity contribution is 0.690. The number of hydrogen-bond acceptors (Lipinski definition) is 2. The number of hydrogen-bond donors (Lipinski definition) is 2. The van der Waals surface area contributed by atoms with E-state index in [0.29, 0.717) is 6.04 Å². The average Bonchev–Trinajstić information content (AvgIpc) is 2.29. The Hall–Kier alpha value is -1.18. The number of fused-ring (bicyclic) bond motifs is 1. The number of aryl methyl sites for hydroxylation is 1. The van der Waals surface area contributed by atoms with Gasteiger partial charge >= 0.3 is 0 Å².